The molecule has 2 rings (SSSR count). The van der Waals surface area contributed by atoms with Gasteiger partial charge >= 0.3 is 6.36 Å². The molecule has 0 N–H and O–H groups in total. The van der Waals surface area contributed by atoms with Gasteiger partial charge in [0, 0.05) is 6.42 Å². The lowest BCUT2D eigenvalue weighted by Gasteiger charge is -2.11. The summed E-state index contributed by atoms with van der Waals surface area (Å²) in [7, 11) is 0. The summed E-state index contributed by atoms with van der Waals surface area (Å²) in [6, 6.07) is 7.51. The Balaban J connectivity index is 1.99. The van der Waals surface area contributed by atoms with E-state index in [1.54, 1.807) is 0 Å². The minimum atomic E-state index is -4.77. The van der Waals surface area contributed by atoms with Crippen LogP contribution in [0.3, 0.4) is 0 Å². The lowest BCUT2D eigenvalue weighted by atomic mass is 10.1. The van der Waals surface area contributed by atoms with E-state index in [0.29, 0.717) is 5.56 Å². The second kappa shape index (κ2) is 7.93. The van der Waals surface area contributed by atoms with Gasteiger partial charge in [0.15, 0.2) is 5.82 Å². The largest absolute Gasteiger partial charge is 0.573 e. The second-order valence-electron chi connectivity index (χ2n) is 4.79. The summed E-state index contributed by atoms with van der Waals surface area (Å²) in [5.74, 6) is -1.01. The molecule has 25 heavy (non-hydrogen) atoms. The molecule has 2 aromatic carbocycles. The molecule has 2 aromatic rings. The van der Waals surface area contributed by atoms with Crippen LogP contribution in [0.2, 0.25) is 5.02 Å². The Bertz CT molecular complexity index is 761. The maximum Gasteiger partial charge on any atom is 0.573 e. The lowest BCUT2D eigenvalue weighted by molar-refractivity contribution is -0.274. The average Bonchev–Trinajstić information content (AvgIpc) is 2.50. The number of hydrogen-bond acceptors (Lipinski definition) is 3. The highest BCUT2D eigenvalue weighted by Gasteiger charge is 2.31. The number of rotatable bonds is 6. The van der Waals surface area contributed by atoms with Crippen LogP contribution in [0.1, 0.15) is 15.9 Å². The molecule has 0 amide bonds. The van der Waals surface area contributed by atoms with Gasteiger partial charge in [-0.15, -0.1) is 13.2 Å². The lowest BCUT2D eigenvalue weighted by Crippen LogP contribution is -2.17. The van der Waals surface area contributed by atoms with Crippen molar-refractivity contribution >= 4 is 28.4 Å². The first-order valence-corrected chi connectivity index (χ1v) is 7.58. The topological polar surface area (TPSA) is 35.5 Å². The summed E-state index contributed by atoms with van der Waals surface area (Å²) >= 11 is 11.0. The summed E-state index contributed by atoms with van der Waals surface area (Å²) < 4.78 is 59.1. The summed E-state index contributed by atoms with van der Waals surface area (Å²) in [5.41, 5.74) is -0.0226. The standard InChI is InChI=1S/C16H10Cl2F4O3/c17-12-6-1-9(13(14(12)19)15(18)23)7-8-24-10-2-4-11(5-3-10)25-16(20,21)22/h1-6H,7-8H2. The van der Waals surface area contributed by atoms with E-state index in [4.69, 9.17) is 27.9 Å². The highest BCUT2D eigenvalue weighted by molar-refractivity contribution is 6.68. The number of halogens is 6. The van der Waals surface area contributed by atoms with Gasteiger partial charge in [0.25, 0.3) is 5.24 Å². The van der Waals surface area contributed by atoms with Gasteiger partial charge in [0.1, 0.15) is 11.5 Å². The number of benzene rings is 2. The van der Waals surface area contributed by atoms with Crippen molar-refractivity contribution in [3.8, 4) is 11.5 Å². The van der Waals surface area contributed by atoms with Crippen LogP contribution in [0.25, 0.3) is 0 Å². The van der Waals surface area contributed by atoms with Crippen molar-refractivity contribution in [1.29, 1.82) is 0 Å². The molecule has 0 unspecified atom stereocenters. The van der Waals surface area contributed by atoms with Crippen LogP contribution in [0.15, 0.2) is 36.4 Å². The Labute approximate surface area is 150 Å². The number of hydrogen-bond donors (Lipinski definition) is 0. The van der Waals surface area contributed by atoms with Crippen molar-refractivity contribution in [2.75, 3.05) is 6.61 Å². The summed E-state index contributed by atoms with van der Waals surface area (Å²) in [4.78, 5) is 11.3. The molecule has 0 heterocycles. The molecule has 0 aliphatic carbocycles. The average molecular weight is 397 g/mol. The van der Waals surface area contributed by atoms with Gasteiger partial charge in [-0.3, -0.25) is 4.79 Å². The molecule has 9 heteroatoms. The van der Waals surface area contributed by atoms with E-state index in [9.17, 15) is 22.4 Å². The van der Waals surface area contributed by atoms with Gasteiger partial charge in [0.05, 0.1) is 17.2 Å². The number of carbonyl (C=O) groups excluding carboxylic acids is 1. The van der Waals surface area contributed by atoms with E-state index in [-0.39, 0.29) is 35.1 Å². The Kier molecular flexibility index (Phi) is 6.13. The number of ether oxygens (including phenoxy) is 2. The third-order valence-electron chi connectivity index (χ3n) is 3.08. The first kappa shape index (κ1) is 19.3. The quantitative estimate of drug-likeness (QED) is 0.485. The molecular weight excluding hydrogens is 387 g/mol. The van der Waals surface area contributed by atoms with Gasteiger partial charge in [-0.05, 0) is 47.5 Å². The van der Waals surface area contributed by atoms with Crippen LogP contribution in [0.4, 0.5) is 17.6 Å². The molecule has 0 aromatic heterocycles. The first-order chi connectivity index (χ1) is 11.7. The number of carbonyl (C=O) groups is 1. The molecule has 0 spiro atoms. The van der Waals surface area contributed by atoms with Gasteiger partial charge in [-0.2, -0.15) is 0 Å². The number of alkyl halides is 3. The van der Waals surface area contributed by atoms with Gasteiger partial charge < -0.3 is 9.47 Å². The molecule has 0 bridgehead atoms. The van der Waals surface area contributed by atoms with E-state index in [1.165, 1.54) is 24.3 Å². The van der Waals surface area contributed by atoms with E-state index in [1.807, 2.05) is 0 Å². The molecule has 0 saturated heterocycles. The highest BCUT2D eigenvalue weighted by atomic mass is 35.5. The Hall–Kier alpha value is -1.99. The zero-order valence-electron chi connectivity index (χ0n) is 12.4. The molecule has 0 saturated carbocycles. The van der Waals surface area contributed by atoms with Crippen LogP contribution in [-0.2, 0) is 6.42 Å². The Morgan fingerprint density at radius 2 is 1.64 bits per heavy atom. The van der Waals surface area contributed by atoms with Gasteiger partial charge in [-0.25, -0.2) is 4.39 Å². The van der Waals surface area contributed by atoms with Crippen LogP contribution in [0, 0.1) is 5.82 Å². The van der Waals surface area contributed by atoms with Crippen LogP contribution in [0.5, 0.6) is 11.5 Å². The van der Waals surface area contributed by atoms with Crippen molar-refractivity contribution in [1.82, 2.24) is 0 Å². The summed E-state index contributed by atoms with van der Waals surface area (Å²) in [6.45, 7) is 0.0394. The molecule has 134 valence electrons. The molecule has 0 aliphatic heterocycles. The highest BCUT2D eigenvalue weighted by Crippen LogP contribution is 2.26. The Morgan fingerprint density at radius 3 is 2.20 bits per heavy atom. The SMILES string of the molecule is O=C(Cl)c1c(CCOc2ccc(OC(F)(F)F)cc2)ccc(Cl)c1F. The molecule has 0 radical (unpaired) electrons. The third kappa shape index (κ3) is 5.51. The van der Waals surface area contributed by atoms with Crippen molar-refractivity contribution in [2.45, 2.75) is 12.8 Å². The van der Waals surface area contributed by atoms with Gasteiger partial charge in [-0.1, -0.05) is 17.7 Å². The van der Waals surface area contributed by atoms with E-state index >= 15 is 0 Å². The molecular formula is C16H10Cl2F4O3. The zero-order valence-corrected chi connectivity index (χ0v) is 13.9. The van der Waals surface area contributed by atoms with Crippen molar-refractivity contribution in [3.05, 3.63) is 58.4 Å². The molecule has 0 fully saturated rings. The summed E-state index contributed by atoms with van der Waals surface area (Å²) in [5, 5.41) is -1.21. The monoisotopic (exact) mass is 396 g/mol. The maximum atomic E-state index is 13.9. The second-order valence-corrected chi connectivity index (χ2v) is 5.54. The zero-order chi connectivity index (χ0) is 18.6. The summed E-state index contributed by atoms with van der Waals surface area (Å²) in [6.07, 6.45) is -4.63. The Morgan fingerprint density at radius 1 is 1.04 bits per heavy atom. The predicted octanol–water partition coefficient (Wildman–Crippen LogP) is 5.38. The fourth-order valence-electron chi connectivity index (χ4n) is 2.03. The minimum Gasteiger partial charge on any atom is -0.493 e. The smallest absolute Gasteiger partial charge is 0.493 e. The van der Waals surface area contributed by atoms with Gasteiger partial charge in [0.2, 0.25) is 0 Å². The molecule has 0 atom stereocenters. The van der Waals surface area contributed by atoms with Crippen molar-refractivity contribution in [2.24, 2.45) is 0 Å². The maximum absolute atomic E-state index is 13.9. The molecule has 3 nitrogen and oxygen atoms in total. The fourth-order valence-corrected chi connectivity index (χ4v) is 2.39. The van der Waals surface area contributed by atoms with Crippen LogP contribution < -0.4 is 9.47 Å². The predicted molar refractivity (Wildman–Crippen MR) is 83.9 cm³/mol. The van der Waals surface area contributed by atoms with E-state index in [2.05, 4.69) is 4.74 Å². The van der Waals surface area contributed by atoms with E-state index < -0.39 is 17.4 Å². The van der Waals surface area contributed by atoms with E-state index in [0.717, 1.165) is 12.1 Å². The first-order valence-electron chi connectivity index (χ1n) is 6.82. The van der Waals surface area contributed by atoms with Crippen molar-refractivity contribution < 1.29 is 31.8 Å². The minimum absolute atomic E-state index is 0.0394. The third-order valence-corrected chi connectivity index (χ3v) is 3.56. The van der Waals surface area contributed by atoms with Crippen molar-refractivity contribution in [3.63, 3.8) is 0 Å². The normalized spacial score (nSPS) is 11.3. The fraction of sp³-hybridized carbons (Fsp3) is 0.188. The van der Waals surface area contributed by atoms with Crippen LogP contribution in [-0.4, -0.2) is 18.2 Å². The van der Waals surface area contributed by atoms with Crippen LogP contribution >= 0.6 is 23.2 Å². The molecule has 0 aliphatic rings.